The van der Waals surface area contributed by atoms with Crippen molar-refractivity contribution in [2.45, 2.75) is 81.2 Å². The van der Waals surface area contributed by atoms with Crippen molar-refractivity contribution in [3.05, 3.63) is 155 Å². The first-order chi connectivity index (χ1) is 34.6. The zero-order valence-corrected chi connectivity index (χ0v) is 42.2. The van der Waals surface area contributed by atoms with E-state index in [0.29, 0.717) is 29.2 Å². The monoisotopic (exact) mass is 1030 g/mol. The Balaban J connectivity index is 0.751. The number of nitrogens with zero attached hydrogens (tertiary/aromatic N) is 2. The minimum Gasteiger partial charge on any atom is -0.495 e. The van der Waals surface area contributed by atoms with Crippen LogP contribution in [0.15, 0.2) is 126 Å². The molecular formula is C55H54N4O10S3. The number of nitrogens with one attached hydrogen (secondary N) is 2. The quantitative estimate of drug-likeness (QED) is 0.0761. The van der Waals surface area contributed by atoms with Gasteiger partial charge in [0, 0.05) is 18.7 Å². The Labute approximate surface area is 422 Å². The van der Waals surface area contributed by atoms with Gasteiger partial charge in [-0.05, 0) is 143 Å². The Morgan fingerprint density at radius 3 is 1.72 bits per heavy atom. The van der Waals surface area contributed by atoms with E-state index < -0.39 is 32.2 Å². The number of hydrogen-bond acceptors (Lipinski definition) is 10. The lowest BCUT2D eigenvalue weighted by molar-refractivity contribution is 0.0686. The number of benzene rings is 6. The number of carboxylic acids is 2. The van der Waals surface area contributed by atoms with Gasteiger partial charge in [0.2, 0.25) is 0 Å². The highest BCUT2D eigenvalue weighted by atomic mass is 32.2. The number of thiazole rings is 1. The third kappa shape index (κ3) is 10.2. The van der Waals surface area contributed by atoms with Crippen LogP contribution in [0, 0.1) is 11.8 Å². The van der Waals surface area contributed by atoms with Crippen LogP contribution in [0.5, 0.6) is 11.5 Å². The second kappa shape index (κ2) is 20.0. The molecule has 1 aliphatic heterocycles. The lowest BCUT2D eigenvalue weighted by atomic mass is 9.66. The maximum absolute atomic E-state index is 13.5. The smallest absolute Gasteiger partial charge is 0.335 e. The molecule has 2 saturated carbocycles. The number of aromatic nitrogens is 1. The van der Waals surface area contributed by atoms with E-state index in [1.54, 1.807) is 12.1 Å². The number of ether oxygens (including phenoxy) is 2. The standard InChI is InChI=1S/C55H54N4O10S3/c1-68-50-28-42(54(60)61)19-22-47(50)57-71(64,65)46-21-24-52-49(30-46)56-53(70-52)36-15-13-34(14-16-36)38-6-4-8-40(26-38)39-7-3-5-37(25-39)33-9-11-35(12-10-33)41-17-18-44-31-59(32-45(44)27-41)72(66,67)58-48-23-20-43(55(62)63)29-51(48)69-2/h9-24,27-30,37-40,57-58H,3-8,25-26,31-32H2,1-2H3,(H,60,61)(H,62,63). The van der Waals surface area contributed by atoms with Gasteiger partial charge in [-0.1, -0.05) is 86.3 Å². The molecule has 0 amide bonds. The van der Waals surface area contributed by atoms with Gasteiger partial charge in [0.15, 0.2) is 0 Å². The van der Waals surface area contributed by atoms with Crippen molar-refractivity contribution < 1.29 is 46.1 Å². The number of sulfonamides is 1. The first-order valence-corrected chi connectivity index (χ1v) is 27.7. The molecule has 6 aromatic carbocycles. The average molecular weight is 1030 g/mol. The second-order valence-corrected chi connectivity index (χ2v) is 23.4. The number of rotatable bonds is 15. The predicted molar refractivity (Wildman–Crippen MR) is 279 cm³/mol. The molecule has 2 heterocycles. The van der Waals surface area contributed by atoms with E-state index in [4.69, 9.17) is 14.5 Å². The molecule has 3 aliphatic rings. The van der Waals surface area contributed by atoms with Crippen LogP contribution in [0.2, 0.25) is 0 Å². The Kier molecular flexibility index (Phi) is 13.6. The number of carboxylic acid groups (broad SMARTS) is 2. The summed E-state index contributed by atoms with van der Waals surface area (Å²) in [5.41, 5.74) is 8.53. The van der Waals surface area contributed by atoms with Gasteiger partial charge in [-0.3, -0.25) is 9.44 Å². The minimum atomic E-state index is -4.04. The van der Waals surface area contributed by atoms with Gasteiger partial charge in [-0.25, -0.2) is 23.0 Å². The Bertz CT molecular complexity index is 3430. The van der Waals surface area contributed by atoms with Gasteiger partial charge in [-0.15, -0.1) is 11.3 Å². The highest BCUT2D eigenvalue weighted by molar-refractivity contribution is 7.92. The largest absolute Gasteiger partial charge is 0.495 e. The SMILES string of the molecule is COc1cc(C(=O)O)ccc1NS(=O)(=O)c1ccc2sc(-c3ccc(C4CCCC(C5CCCC(c6ccc(-c7ccc8c(c7)CN(S(=O)(=O)Nc7ccc(C(=O)O)cc7OC)C8)cc6)C5)C4)cc3)nc2c1. The Morgan fingerprint density at radius 2 is 1.15 bits per heavy atom. The predicted octanol–water partition coefficient (Wildman–Crippen LogP) is 11.8. The zero-order chi connectivity index (χ0) is 50.3. The number of aromatic carboxylic acids is 2. The van der Waals surface area contributed by atoms with Crippen LogP contribution in [0.1, 0.15) is 106 Å². The second-order valence-electron chi connectivity index (χ2n) is 19.0. The molecule has 7 aromatic rings. The van der Waals surface area contributed by atoms with E-state index in [0.717, 1.165) is 37.5 Å². The summed E-state index contributed by atoms with van der Waals surface area (Å²) in [5, 5.41) is 19.5. The van der Waals surface area contributed by atoms with Crippen LogP contribution in [-0.2, 0) is 33.3 Å². The van der Waals surface area contributed by atoms with Crippen molar-refractivity contribution in [3.8, 4) is 33.2 Å². The van der Waals surface area contributed by atoms with Gasteiger partial charge in [0.05, 0.1) is 51.8 Å². The van der Waals surface area contributed by atoms with E-state index in [2.05, 4.69) is 70.1 Å². The number of carbonyl (C=O) groups is 2. The maximum atomic E-state index is 13.5. The Morgan fingerprint density at radius 1 is 0.611 bits per heavy atom. The molecule has 14 nitrogen and oxygen atoms in total. The molecule has 2 aliphatic carbocycles. The Hall–Kier alpha value is -6.79. The fourth-order valence-corrected chi connectivity index (χ4v) is 14.1. The van der Waals surface area contributed by atoms with E-state index in [9.17, 15) is 36.6 Å². The molecule has 0 saturated heterocycles. The molecule has 0 spiro atoms. The van der Waals surface area contributed by atoms with Gasteiger partial charge in [0.1, 0.15) is 16.5 Å². The van der Waals surface area contributed by atoms with Crippen molar-refractivity contribution in [1.29, 1.82) is 0 Å². The summed E-state index contributed by atoms with van der Waals surface area (Å²) in [6, 6.07) is 36.6. The summed E-state index contributed by atoms with van der Waals surface area (Å²) < 4.78 is 71.7. The zero-order valence-electron chi connectivity index (χ0n) is 39.7. The van der Waals surface area contributed by atoms with Crippen molar-refractivity contribution in [2.75, 3.05) is 23.7 Å². The van der Waals surface area contributed by atoms with Gasteiger partial charge in [0.25, 0.3) is 10.0 Å². The summed E-state index contributed by atoms with van der Waals surface area (Å²) in [5.74, 6) is 0.276. The molecule has 4 N–H and O–H groups in total. The van der Waals surface area contributed by atoms with Gasteiger partial charge >= 0.3 is 22.1 Å². The molecular weight excluding hydrogens is 973 g/mol. The summed E-state index contributed by atoms with van der Waals surface area (Å²) in [6.45, 7) is 0.429. The van der Waals surface area contributed by atoms with Crippen LogP contribution in [0.4, 0.5) is 11.4 Å². The van der Waals surface area contributed by atoms with Crippen LogP contribution in [0.3, 0.4) is 0 Å². The molecule has 4 atom stereocenters. The normalized spacial score (nSPS) is 19.4. The first-order valence-electron chi connectivity index (χ1n) is 24.0. The van der Waals surface area contributed by atoms with Gasteiger partial charge < -0.3 is 19.7 Å². The average Bonchev–Trinajstić information content (AvgIpc) is 4.04. The third-order valence-electron chi connectivity index (χ3n) is 14.7. The molecule has 17 heteroatoms. The van der Waals surface area contributed by atoms with E-state index in [1.807, 2.05) is 6.07 Å². The first kappa shape index (κ1) is 48.8. The molecule has 0 bridgehead atoms. The fraction of sp³-hybridized carbons (Fsp3) is 0.291. The van der Waals surface area contributed by atoms with Crippen molar-refractivity contribution in [3.63, 3.8) is 0 Å². The number of anilines is 2. The number of methoxy groups -OCH3 is 2. The fourth-order valence-electron chi connectivity index (χ4n) is 10.9. The summed E-state index contributed by atoms with van der Waals surface area (Å²) in [7, 11) is -5.30. The maximum Gasteiger partial charge on any atom is 0.335 e. The van der Waals surface area contributed by atoms with Crippen molar-refractivity contribution >= 4 is 65.1 Å². The summed E-state index contributed by atoms with van der Waals surface area (Å²) >= 11 is 1.51. The molecule has 4 unspecified atom stereocenters. The lowest BCUT2D eigenvalue weighted by Crippen LogP contribution is -2.31. The van der Waals surface area contributed by atoms with E-state index in [-0.39, 0.29) is 52.0 Å². The summed E-state index contributed by atoms with van der Waals surface area (Å²) in [4.78, 5) is 27.7. The van der Waals surface area contributed by atoms with Crippen LogP contribution < -0.4 is 18.9 Å². The molecule has 2 fully saturated rings. The highest BCUT2D eigenvalue weighted by Crippen LogP contribution is 2.47. The van der Waals surface area contributed by atoms with Crippen molar-refractivity contribution in [2.24, 2.45) is 11.8 Å². The molecule has 372 valence electrons. The van der Waals surface area contributed by atoms with E-state index in [1.165, 1.54) is 135 Å². The topological polar surface area (TPSA) is 202 Å². The highest BCUT2D eigenvalue weighted by Gasteiger charge is 2.34. The molecule has 1 aromatic heterocycles. The van der Waals surface area contributed by atoms with Crippen LogP contribution >= 0.6 is 11.3 Å². The number of fused-ring (bicyclic) bond motifs is 2. The van der Waals surface area contributed by atoms with E-state index >= 15 is 0 Å². The van der Waals surface area contributed by atoms with Crippen LogP contribution in [-0.4, -0.2) is 62.5 Å². The minimum absolute atomic E-state index is 0.00525. The molecule has 10 rings (SSSR count). The third-order valence-corrected chi connectivity index (χ3v) is 18.6. The summed E-state index contributed by atoms with van der Waals surface area (Å²) in [6.07, 6.45) is 9.67. The van der Waals surface area contributed by atoms with Crippen LogP contribution in [0.25, 0.3) is 31.9 Å². The molecule has 72 heavy (non-hydrogen) atoms. The lowest BCUT2D eigenvalue weighted by Gasteiger charge is -2.39. The van der Waals surface area contributed by atoms with Gasteiger partial charge in [-0.2, -0.15) is 12.7 Å². The molecule has 0 radical (unpaired) electrons. The number of hydrogen-bond donors (Lipinski definition) is 4. The van der Waals surface area contributed by atoms with Crippen molar-refractivity contribution in [1.82, 2.24) is 9.29 Å².